The molecule has 1 atom stereocenters. The lowest BCUT2D eigenvalue weighted by molar-refractivity contribution is 0.183. The summed E-state index contributed by atoms with van der Waals surface area (Å²) in [5, 5.41) is 0. The highest BCUT2D eigenvalue weighted by atomic mass is 79.9. The van der Waals surface area contributed by atoms with Gasteiger partial charge in [-0.05, 0) is 50.0 Å². The summed E-state index contributed by atoms with van der Waals surface area (Å²) >= 11 is 3.64. The third kappa shape index (κ3) is 2.47. The Morgan fingerprint density at radius 2 is 2.31 bits per heavy atom. The second-order valence-electron chi connectivity index (χ2n) is 4.54. The van der Waals surface area contributed by atoms with E-state index in [0.29, 0.717) is 6.04 Å². The van der Waals surface area contributed by atoms with Gasteiger partial charge in [0.15, 0.2) is 0 Å². The van der Waals surface area contributed by atoms with Crippen molar-refractivity contribution in [3.05, 3.63) is 33.8 Å². The van der Waals surface area contributed by atoms with Gasteiger partial charge >= 0.3 is 0 Å². The van der Waals surface area contributed by atoms with E-state index in [1.54, 1.807) is 0 Å². The average molecular weight is 283 g/mol. The monoisotopic (exact) mass is 282 g/mol. The fourth-order valence-corrected chi connectivity index (χ4v) is 2.94. The Kier molecular flexibility index (Phi) is 4.00. The van der Waals surface area contributed by atoms with Crippen molar-refractivity contribution in [2.24, 2.45) is 5.73 Å². The Labute approximate surface area is 106 Å². The Morgan fingerprint density at radius 3 is 3.06 bits per heavy atom. The second kappa shape index (κ2) is 5.30. The van der Waals surface area contributed by atoms with Crippen LogP contribution >= 0.6 is 15.9 Å². The first kappa shape index (κ1) is 12.1. The van der Waals surface area contributed by atoms with Crippen molar-refractivity contribution in [1.29, 1.82) is 0 Å². The van der Waals surface area contributed by atoms with Gasteiger partial charge in [0.2, 0.25) is 0 Å². The zero-order chi connectivity index (χ0) is 11.5. The summed E-state index contributed by atoms with van der Waals surface area (Å²) in [6.07, 6.45) is 2.23. The molecule has 1 aromatic rings. The number of hydrogen-bond donors (Lipinski definition) is 1. The van der Waals surface area contributed by atoms with Gasteiger partial charge < -0.3 is 5.73 Å². The van der Waals surface area contributed by atoms with Crippen LogP contribution in [0.25, 0.3) is 0 Å². The highest BCUT2D eigenvalue weighted by molar-refractivity contribution is 9.10. The molecule has 0 fully saturated rings. The van der Waals surface area contributed by atoms with Gasteiger partial charge in [-0.3, -0.25) is 4.90 Å². The molecule has 1 unspecified atom stereocenters. The van der Waals surface area contributed by atoms with Gasteiger partial charge in [-0.25, -0.2) is 0 Å². The topological polar surface area (TPSA) is 29.3 Å². The summed E-state index contributed by atoms with van der Waals surface area (Å²) < 4.78 is 1.26. The van der Waals surface area contributed by atoms with Crippen LogP contribution in [0.4, 0.5) is 0 Å². The van der Waals surface area contributed by atoms with Crippen molar-refractivity contribution in [1.82, 2.24) is 4.90 Å². The van der Waals surface area contributed by atoms with Gasteiger partial charge in [0.25, 0.3) is 0 Å². The van der Waals surface area contributed by atoms with E-state index in [1.165, 1.54) is 15.6 Å². The predicted molar refractivity (Wildman–Crippen MR) is 71.4 cm³/mol. The van der Waals surface area contributed by atoms with Gasteiger partial charge in [-0.15, -0.1) is 0 Å². The predicted octanol–water partition coefficient (Wildman–Crippen LogP) is 2.54. The molecule has 0 aromatic heterocycles. The number of hydrogen-bond acceptors (Lipinski definition) is 2. The molecule has 3 heteroatoms. The smallest absolute Gasteiger partial charge is 0.0239 e. The minimum Gasteiger partial charge on any atom is -0.330 e. The van der Waals surface area contributed by atoms with Crippen LogP contribution < -0.4 is 5.73 Å². The number of benzene rings is 1. The summed E-state index contributed by atoms with van der Waals surface area (Å²) in [6, 6.07) is 7.13. The van der Waals surface area contributed by atoms with Gasteiger partial charge in [-0.2, -0.15) is 0 Å². The van der Waals surface area contributed by atoms with E-state index < -0.39 is 0 Å². The SMILES string of the molecule is CC1Cc2c(Br)cccc2CN1CCCN. The molecule has 1 aliphatic heterocycles. The van der Waals surface area contributed by atoms with E-state index in [4.69, 9.17) is 5.73 Å². The quantitative estimate of drug-likeness (QED) is 0.923. The number of rotatable bonds is 3. The molecule has 0 saturated heterocycles. The molecule has 88 valence electrons. The Bertz CT molecular complexity index is 365. The summed E-state index contributed by atoms with van der Waals surface area (Å²) in [6.45, 7) is 5.27. The standard InChI is InChI=1S/C13H19BrN2/c1-10-8-12-11(4-2-5-13(12)14)9-16(10)7-3-6-15/h2,4-5,10H,3,6-9,15H2,1H3. The molecule has 1 heterocycles. The van der Waals surface area contributed by atoms with Crippen LogP contribution in [-0.4, -0.2) is 24.0 Å². The zero-order valence-electron chi connectivity index (χ0n) is 9.75. The van der Waals surface area contributed by atoms with Crippen LogP contribution in [0.5, 0.6) is 0 Å². The van der Waals surface area contributed by atoms with Crippen LogP contribution in [-0.2, 0) is 13.0 Å². The lowest BCUT2D eigenvalue weighted by atomic mass is 9.95. The van der Waals surface area contributed by atoms with Gasteiger partial charge in [-0.1, -0.05) is 28.1 Å². The third-order valence-electron chi connectivity index (χ3n) is 3.36. The maximum absolute atomic E-state index is 5.58. The molecule has 0 radical (unpaired) electrons. The second-order valence-corrected chi connectivity index (χ2v) is 5.40. The summed E-state index contributed by atoms with van der Waals surface area (Å²) in [7, 11) is 0. The van der Waals surface area contributed by atoms with Crippen LogP contribution in [0.3, 0.4) is 0 Å². The zero-order valence-corrected chi connectivity index (χ0v) is 11.3. The molecule has 2 rings (SSSR count). The molecule has 0 amide bonds. The van der Waals surface area contributed by atoms with Crippen LogP contribution in [0, 0.1) is 0 Å². The van der Waals surface area contributed by atoms with Crippen molar-refractivity contribution in [2.45, 2.75) is 32.4 Å². The van der Waals surface area contributed by atoms with Crippen molar-refractivity contribution in [3.8, 4) is 0 Å². The van der Waals surface area contributed by atoms with Gasteiger partial charge in [0, 0.05) is 17.1 Å². The van der Waals surface area contributed by atoms with Crippen LogP contribution in [0.1, 0.15) is 24.5 Å². The molecule has 1 aromatic carbocycles. The molecule has 0 saturated carbocycles. The van der Waals surface area contributed by atoms with E-state index in [9.17, 15) is 0 Å². The lowest BCUT2D eigenvalue weighted by Gasteiger charge is -2.35. The van der Waals surface area contributed by atoms with E-state index in [1.807, 2.05) is 0 Å². The Hall–Kier alpha value is -0.380. The van der Waals surface area contributed by atoms with E-state index in [-0.39, 0.29) is 0 Å². The number of nitrogens with two attached hydrogens (primary N) is 1. The first-order valence-corrected chi connectivity index (χ1v) is 6.72. The van der Waals surface area contributed by atoms with Crippen molar-refractivity contribution < 1.29 is 0 Å². The highest BCUT2D eigenvalue weighted by Crippen LogP contribution is 2.29. The van der Waals surface area contributed by atoms with Crippen molar-refractivity contribution in [2.75, 3.05) is 13.1 Å². The summed E-state index contributed by atoms with van der Waals surface area (Å²) in [5.74, 6) is 0. The van der Waals surface area contributed by atoms with Gasteiger partial charge in [0.1, 0.15) is 0 Å². The largest absolute Gasteiger partial charge is 0.330 e. The fraction of sp³-hybridized carbons (Fsp3) is 0.538. The number of halogens is 1. The molecule has 1 aliphatic rings. The highest BCUT2D eigenvalue weighted by Gasteiger charge is 2.23. The molecule has 0 bridgehead atoms. The molecule has 2 nitrogen and oxygen atoms in total. The van der Waals surface area contributed by atoms with E-state index in [2.05, 4.69) is 46.0 Å². The Morgan fingerprint density at radius 1 is 1.50 bits per heavy atom. The van der Waals surface area contributed by atoms with Crippen molar-refractivity contribution >= 4 is 15.9 Å². The first-order chi connectivity index (χ1) is 7.72. The molecular weight excluding hydrogens is 264 g/mol. The number of nitrogens with zero attached hydrogens (tertiary/aromatic N) is 1. The summed E-state index contributed by atoms with van der Waals surface area (Å²) in [4.78, 5) is 2.53. The molecule has 0 spiro atoms. The molecular formula is C13H19BrN2. The lowest BCUT2D eigenvalue weighted by Crippen LogP contribution is -2.39. The number of fused-ring (bicyclic) bond motifs is 1. The maximum Gasteiger partial charge on any atom is 0.0239 e. The summed E-state index contributed by atoms with van der Waals surface area (Å²) in [5.41, 5.74) is 8.52. The molecule has 0 aliphatic carbocycles. The van der Waals surface area contributed by atoms with E-state index >= 15 is 0 Å². The van der Waals surface area contributed by atoms with Gasteiger partial charge in [0.05, 0.1) is 0 Å². The van der Waals surface area contributed by atoms with Crippen LogP contribution in [0.2, 0.25) is 0 Å². The third-order valence-corrected chi connectivity index (χ3v) is 4.10. The fourth-order valence-electron chi connectivity index (χ4n) is 2.37. The average Bonchev–Trinajstić information content (AvgIpc) is 2.28. The minimum atomic E-state index is 0.623. The maximum atomic E-state index is 5.58. The normalized spacial score (nSPS) is 20.8. The Balaban J connectivity index is 2.15. The van der Waals surface area contributed by atoms with Crippen molar-refractivity contribution in [3.63, 3.8) is 0 Å². The van der Waals surface area contributed by atoms with Crippen LogP contribution in [0.15, 0.2) is 22.7 Å². The minimum absolute atomic E-state index is 0.623. The molecule has 2 N–H and O–H groups in total. The first-order valence-electron chi connectivity index (χ1n) is 5.92. The molecule has 16 heavy (non-hydrogen) atoms. The van der Waals surface area contributed by atoms with E-state index in [0.717, 1.165) is 32.5 Å².